The van der Waals surface area contributed by atoms with Gasteiger partial charge in [0.05, 0.1) is 17.3 Å². The van der Waals surface area contributed by atoms with E-state index in [1.807, 2.05) is 47.8 Å². The average Bonchev–Trinajstić information content (AvgIpc) is 3.23. The molecule has 1 fully saturated rings. The molecule has 0 N–H and O–H groups in total. The Morgan fingerprint density at radius 1 is 1.11 bits per heavy atom. The van der Waals surface area contributed by atoms with E-state index in [1.165, 1.54) is 0 Å². The Morgan fingerprint density at radius 3 is 2.67 bits per heavy atom. The van der Waals surface area contributed by atoms with E-state index < -0.39 is 18.0 Å². The third-order valence-electron chi connectivity index (χ3n) is 4.45. The predicted octanol–water partition coefficient (Wildman–Crippen LogP) is 3.86. The molecule has 0 saturated carbocycles. The Hall–Kier alpha value is -2.12. The van der Waals surface area contributed by atoms with Crippen molar-refractivity contribution in [3.05, 3.63) is 59.2 Å². The summed E-state index contributed by atoms with van der Waals surface area (Å²) in [5.74, 6) is 1.97. The summed E-state index contributed by atoms with van der Waals surface area (Å²) >= 11 is 3.79. The van der Waals surface area contributed by atoms with Gasteiger partial charge < -0.3 is 14.2 Å². The number of hydrogen-bond donors (Lipinski definition) is 0. The number of carbonyl (C=O) groups excluding carboxylic acids is 2. The molecule has 0 amide bonds. The minimum absolute atomic E-state index is 0.302. The van der Waals surface area contributed by atoms with Crippen molar-refractivity contribution in [2.24, 2.45) is 0 Å². The van der Waals surface area contributed by atoms with Crippen LogP contribution in [0.5, 0.6) is 11.5 Å². The molecule has 5 nitrogen and oxygen atoms in total. The van der Waals surface area contributed by atoms with Gasteiger partial charge in [-0.2, -0.15) is 0 Å². The van der Waals surface area contributed by atoms with E-state index >= 15 is 0 Å². The van der Waals surface area contributed by atoms with Crippen molar-refractivity contribution in [1.82, 2.24) is 0 Å². The van der Waals surface area contributed by atoms with Crippen LogP contribution in [0.25, 0.3) is 0 Å². The molecule has 2 heterocycles. The van der Waals surface area contributed by atoms with Gasteiger partial charge in [0, 0.05) is 17.9 Å². The second kappa shape index (κ2) is 7.86. The Morgan fingerprint density at radius 2 is 1.89 bits per heavy atom. The van der Waals surface area contributed by atoms with Crippen LogP contribution in [0.15, 0.2) is 42.5 Å². The fourth-order valence-corrected chi connectivity index (χ4v) is 5.94. The lowest BCUT2D eigenvalue weighted by molar-refractivity contribution is -0.144. The summed E-state index contributed by atoms with van der Waals surface area (Å²) in [6, 6.07) is 12.7. The molecule has 2 aliphatic rings. The van der Waals surface area contributed by atoms with Gasteiger partial charge >= 0.3 is 11.9 Å². The van der Waals surface area contributed by atoms with E-state index in [0.717, 1.165) is 22.6 Å². The highest BCUT2D eigenvalue weighted by Gasteiger charge is 2.33. The first kappa shape index (κ1) is 18.3. The fraction of sp³-hybridized carbons (Fsp3) is 0.300. The largest absolute Gasteiger partial charge is 0.493 e. The number of benzene rings is 2. The number of thioether (sulfide) groups is 2. The van der Waals surface area contributed by atoms with E-state index in [-0.39, 0.29) is 0 Å². The normalized spacial score (nSPS) is 19.3. The molecule has 0 unspecified atom stereocenters. The maximum Gasteiger partial charge on any atom is 0.353 e. The van der Waals surface area contributed by atoms with Crippen molar-refractivity contribution >= 4 is 35.5 Å². The minimum atomic E-state index is -0.960. The maximum absolute atomic E-state index is 12.6. The molecule has 4 rings (SSSR count). The molecular formula is C20H18O5S2. The predicted molar refractivity (Wildman–Crippen MR) is 106 cm³/mol. The first-order valence-electron chi connectivity index (χ1n) is 8.57. The van der Waals surface area contributed by atoms with Crippen molar-refractivity contribution < 1.29 is 23.8 Å². The fourth-order valence-electron chi connectivity index (χ4n) is 3.10. The van der Waals surface area contributed by atoms with Crippen molar-refractivity contribution in [3.63, 3.8) is 0 Å². The van der Waals surface area contributed by atoms with E-state index in [1.54, 1.807) is 25.3 Å². The molecule has 2 aromatic rings. The van der Waals surface area contributed by atoms with E-state index in [0.29, 0.717) is 28.1 Å². The Kier molecular flexibility index (Phi) is 5.31. The Balaban J connectivity index is 1.50. The van der Waals surface area contributed by atoms with E-state index in [4.69, 9.17) is 14.2 Å². The lowest BCUT2D eigenvalue weighted by Crippen LogP contribution is -2.37. The number of fused-ring (bicyclic) bond motifs is 1. The van der Waals surface area contributed by atoms with Gasteiger partial charge in [0.15, 0.2) is 11.5 Å². The van der Waals surface area contributed by atoms with Gasteiger partial charge in [-0.25, -0.2) is 9.59 Å². The molecule has 7 heteroatoms. The van der Waals surface area contributed by atoms with Crippen molar-refractivity contribution in [2.75, 3.05) is 18.6 Å². The molecule has 0 aliphatic carbocycles. The zero-order valence-electron chi connectivity index (χ0n) is 14.7. The quantitative estimate of drug-likeness (QED) is 0.568. The molecule has 1 saturated heterocycles. The summed E-state index contributed by atoms with van der Waals surface area (Å²) in [7, 11) is 1.54. The molecule has 0 bridgehead atoms. The first-order chi connectivity index (χ1) is 13.2. The number of hydrogen-bond acceptors (Lipinski definition) is 7. The molecule has 140 valence electrons. The number of ether oxygens (including phenoxy) is 3. The van der Waals surface area contributed by atoms with Crippen molar-refractivity contribution in [3.8, 4) is 11.5 Å². The number of carbonyl (C=O) groups is 2. The van der Waals surface area contributed by atoms with Crippen LogP contribution in [0.3, 0.4) is 0 Å². The standard InChI is InChI=1S/C20H18O5S2/c1-23-16-11-13(20-26-8-9-27-20)6-7-15(16)24-19(22)17-10-12-4-2-3-5-14(12)18(21)25-17/h2-7,11,17,20H,8-10H2,1H3/t17-/m1/s1. The lowest BCUT2D eigenvalue weighted by atomic mass is 9.99. The third-order valence-corrected chi connectivity index (χ3v) is 7.55. The molecular weight excluding hydrogens is 384 g/mol. The number of esters is 2. The molecule has 0 radical (unpaired) electrons. The molecule has 0 spiro atoms. The number of rotatable bonds is 4. The molecule has 2 aromatic carbocycles. The van der Waals surface area contributed by atoms with Crippen molar-refractivity contribution in [1.29, 1.82) is 0 Å². The summed E-state index contributed by atoms with van der Waals surface area (Å²) in [6.07, 6.45) is -0.658. The highest BCUT2D eigenvalue weighted by molar-refractivity contribution is 8.19. The van der Waals surface area contributed by atoms with Crippen LogP contribution in [0, 0.1) is 0 Å². The topological polar surface area (TPSA) is 61.8 Å². The van der Waals surface area contributed by atoms with Gasteiger partial charge in [-0.05, 0) is 29.3 Å². The summed E-state index contributed by atoms with van der Waals surface area (Å²) < 4.78 is 16.5. The monoisotopic (exact) mass is 402 g/mol. The van der Waals surface area contributed by atoms with Crippen LogP contribution >= 0.6 is 23.5 Å². The van der Waals surface area contributed by atoms with Gasteiger partial charge in [-0.3, -0.25) is 0 Å². The minimum Gasteiger partial charge on any atom is -0.493 e. The molecule has 1 atom stereocenters. The van der Waals surface area contributed by atoms with Gasteiger partial charge in [-0.1, -0.05) is 24.3 Å². The van der Waals surface area contributed by atoms with Crippen LogP contribution < -0.4 is 9.47 Å². The maximum atomic E-state index is 12.6. The smallest absolute Gasteiger partial charge is 0.353 e. The van der Waals surface area contributed by atoms with Gasteiger partial charge in [0.2, 0.25) is 6.10 Å². The molecule has 27 heavy (non-hydrogen) atoms. The van der Waals surface area contributed by atoms with Crippen molar-refractivity contribution in [2.45, 2.75) is 17.1 Å². The van der Waals surface area contributed by atoms with Crippen LogP contribution in [0.1, 0.15) is 26.1 Å². The first-order valence-corrected chi connectivity index (χ1v) is 10.7. The zero-order valence-corrected chi connectivity index (χ0v) is 16.3. The second-order valence-electron chi connectivity index (χ2n) is 6.16. The van der Waals surface area contributed by atoms with Gasteiger partial charge in [0.1, 0.15) is 0 Å². The third kappa shape index (κ3) is 3.80. The SMILES string of the molecule is COc1cc(C2SCCS2)ccc1OC(=O)[C@H]1Cc2ccccc2C(=O)O1. The van der Waals surface area contributed by atoms with Crippen LogP contribution in [0.4, 0.5) is 0 Å². The summed E-state index contributed by atoms with van der Waals surface area (Å²) in [6.45, 7) is 0. The molecule has 0 aromatic heterocycles. The highest BCUT2D eigenvalue weighted by atomic mass is 32.2. The van der Waals surface area contributed by atoms with Gasteiger partial charge in [0.25, 0.3) is 0 Å². The summed E-state index contributed by atoms with van der Waals surface area (Å²) in [5.41, 5.74) is 2.42. The number of cyclic esters (lactones) is 1. The summed E-state index contributed by atoms with van der Waals surface area (Å²) in [4.78, 5) is 24.7. The van der Waals surface area contributed by atoms with Crippen LogP contribution in [-0.2, 0) is 16.0 Å². The second-order valence-corrected chi connectivity index (χ2v) is 8.88. The Labute approximate surface area is 165 Å². The number of methoxy groups -OCH3 is 1. The van der Waals surface area contributed by atoms with Crippen LogP contribution in [-0.4, -0.2) is 36.7 Å². The lowest BCUT2D eigenvalue weighted by Gasteiger charge is -2.23. The van der Waals surface area contributed by atoms with Gasteiger partial charge in [-0.15, -0.1) is 23.5 Å². The Bertz CT molecular complexity index is 876. The zero-order chi connectivity index (χ0) is 18.8. The average molecular weight is 402 g/mol. The highest BCUT2D eigenvalue weighted by Crippen LogP contribution is 2.47. The van der Waals surface area contributed by atoms with E-state index in [2.05, 4.69) is 0 Å². The van der Waals surface area contributed by atoms with E-state index in [9.17, 15) is 9.59 Å². The summed E-state index contributed by atoms with van der Waals surface area (Å²) in [5, 5.41) is 0. The molecule has 2 aliphatic heterocycles. The van der Waals surface area contributed by atoms with Crippen LogP contribution in [0.2, 0.25) is 0 Å².